The summed E-state index contributed by atoms with van der Waals surface area (Å²) in [6, 6.07) is 0. The Kier molecular flexibility index (Phi) is 3.23. The average molecular weight is 235 g/mol. The first-order chi connectivity index (χ1) is 8.20. The molecule has 3 rings (SSSR count). The van der Waals surface area contributed by atoms with Crippen molar-refractivity contribution < 1.29 is 0 Å². The predicted molar refractivity (Wildman–Crippen MR) is 72.9 cm³/mol. The van der Waals surface area contributed by atoms with Gasteiger partial charge in [0.15, 0.2) is 0 Å². The molecule has 98 valence electrons. The van der Waals surface area contributed by atoms with Crippen molar-refractivity contribution in [3.8, 4) is 0 Å². The zero-order valence-electron chi connectivity index (χ0n) is 11.7. The van der Waals surface area contributed by atoms with Gasteiger partial charge in [0.2, 0.25) is 0 Å². The highest BCUT2D eigenvalue weighted by atomic mass is 14.9. The number of hydrogen-bond donors (Lipinski definition) is 1. The first-order valence-electron chi connectivity index (χ1n) is 7.90. The summed E-state index contributed by atoms with van der Waals surface area (Å²) in [5, 5.41) is 3.76. The largest absolute Gasteiger partial charge is 0.316 e. The monoisotopic (exact) mass is 235 g/mol. The SMILES string of the molecule is CC(C)CNCC1(C2CC3CCC2C3)CCC1. The lowest BCUT2D eigenvalue weighted by molar-refractivity contribution is 0.0153. The molecule has 0 aliphatic heterocycles. The first-order valence-corrected chi connectivity index (χ1v) is 7.90. The summed E-state index contributed by atoms with van der Waals surface area (Å²) < 4.78 is 0. The molecule has 3 atom stereocenters. The van der Waals surface area contributed by atoms with Crippen LogP contribution in [0.5, 0.6) is 0 Å². The van der Waals surface area contributed by atoms with Crippen molar-refractivity contribution in [2.75, 3.05) is 13.1 Å². The van der Waals surface area contributed by atoms with E-state index in [4.69, 9.17) is 0 Å². The fourth-order valence-corrected chi connectivity index (χ4v) is 4.91. The van der Waals surface area contributed by atoms with Crippen molar-refractivity contribution in [3.05, 3.63) is 0 Å². The Labute approximate surface area is 107 Å². The highest BCUT2D eigenvalue weighted by Crippen LogP contribution is 2.60. The number of fused-ring (bicyclic) bond motifs is 2. The summed E-state index contributed by atoms with van der Waals surface area (Å²) in [7, 11) is 0. The molecule has 3 unspecified atom stereocenters. The zero-order valence-corrected chi connectivity index (χ0v) is 11.7. The molecule has 3 fully saturated rings. The van der Waals surface area contributed by atoms with E-state index in [-0.39, 0.29) is 0 Å². The molecule has 17 heavy (non-hydrogen) atoms. The van der Waals surface area contributed by atoms with E-state index in [0.29, 0.717) is 0 Å². The number of hydrogen-bond acceptors (Lipinski definition) is 1. The smallest absolute Gasteiger partial charge is 0.00107 e. The van der Waals surface area contributed by atoms with Crippen molar-refractivity contribution in [2.45, 2.75) is 58.8 Å². The molecule has 0 heterocycles. The molecule has 3 aliphatic rings. The van der Waals surface area contributed by atoms with Crippen molar-refractivity contribution in [1.29, 1.82) is 0 Å². The molecule has 1 nitrogen and oxygen atoms in total. The summed E-state index contributed by atoms with van der Waals surface area (Å²) in [5.74, 6) is 4.12. The van der Waals surface area contributed by atoms with Crippen molar-refractivity contribution in [3.63, 3.8) is 0 Å². The van der Waals surface area contributed by atoms with Gasteiger partial charge in [-0.15, -0.1) is 0 Å². The minimum atomic E-state index is 0.731. The van der Waals surface area contributed by atoms with Crippen LogP contribution < -0.4 is 5.32 Å². The average Bonchev–Trinajstić information content (AvgIpc) is 2.83. The molecule has 0 aromatic carbocycles. The summed E-state index contributed by atoms with van der Waals surface area (Å²) in [6.07, 6.45) is 10.8. The molecule has 2 bridgehead atoms. The molecule has 0 spiro atoms. The molecule has 1 N–H and O–H groups in total. The Morgan fingerprint density at radius 1 is 1.18 bits per heavy atom. The predicted octanol–water partition coefficient (Wildman–Crippen LogP) is 3.84. The van der Waals surface area contributed by atoms with Gasteiger partial charge in [-0.05, 0) is 67.7 Å². The lowest BCUT2D eigenvalue weighted by Crippen LogP contribution is -2.47. The van der Waals surface area contributed by atoms with Crippen LogP contribution in [0.25, 0.3) is 0 Å². The van der Waals surface area contributed by atoms with E-state index in [1.165, 1.54) is 32.4 Å². The molecule has 0 radical (unpaired) electrons. The molecule has 0 aromatic heterocycles. The van der Waals surface area contributed by atoms with Crippen LogP contribution >= 0.6 is 0 Å². The third-order valence-electron chi connectivity index (χ3n) is 5.90. The van der Waals surface area contributed by atoms with Crippen LogP contribution in [0, 0.1) is 29.1 Å². The van der Waals surface area contributed by atoms with Gasteiger partial charge in [-0.3, -0.25) is 0 Å². The van der Waals surface area contributed by atoms with Crippen LogP contribution in [0.4, 0.5) is 0 Å². The Balaban J connectivity index is 1.58. The van der Waals surface area contributed by atoms with Gasteiger partial charge in [0, 0.05) is 6.54 Å². The summed E-state index contributed by atoms with van der Waals surface area (Å²) >= 11 is 0. The molecule has 0 saturated heterocycles. The van der Waals surface area contributed by atoms with E-state index in [2.05, 4.69) is 19.2 Å². The normalized spacial score (nSPS) is 38.6. The fraction of sp³-hybridized carbons (Fsp3) is 1.00. The Hall–Kier alpha value is -0.0400. The van der Waals surface area contributed by atoms with Gasteiger partial charge >= 0.3 is 0 Å². The minimum Gasteiger partial charge on any atom is -0.316 e. The van der Waals surface area contributed by atoms with Crippen LogP contribution in [0.15, 0.2) is 0 Å². The zero-order chi connectivity index (χ0) is 11.9. The van der Waals surface area contributed by atoms with Crippen molar-refractivity contribution in [2.24, 2.45) is 29.1 Å². The lowest BCUT2D eigenvalue weighted by Gasteiger charge is -2.50. The van der Waals surface area contributed by atoms with Gasteiger partial charge < -0.3 is 5.32 Å². The van der Waals surface area contributed by atoms with Gasteiger partial charge in [0.25, 0.3) is 0 Å². The van der Waals surface area contributed by atoms with E-state index in [1.807, 2.05) is 0 Å². The second-order valence-corrected chi connectivity index (χ2v) is 7.52. The molecule has 3 saturated carbocycles. The topological polar surface area (TPSA) is 12.0 Å². The molecule has 0 aromatic rings. The molecule has 0 amide bonds. The summed E-state index contributed by atoms with van der Waals surface area (Å²) in [5.41, 5.74) is 0.731. The standard InChI is InChI=1S/C16H29N/c1-12(2)10-17-11-16(6-3-7-16)15-9-13-4-5-14(15)8-13/h12-15,17H,3-11H2,1-2H3. The van der Waals surface area contributed by atoms with Gasteiger partial charge in [-0.25, -0.2) is 0 Å². The van der Waals surface area contributed by atoms with Gasteiger partial charge in [-0.2, -0.15) is 0 Å². The second kappa shape index (κ2) is 4.57. The molecular formula is C16H29N. The minimum absolute atomic E-state index is 0.731. The molecular weight excluding hydrogens is 206 g/mol. The fourth-order valence-electron chi connectivity index (χ4n) is 4.91. The first kappa shape index (κ1) is 12.0. The Morgan fingerprint density at radius 3 is 2.47 bits per heavy atom. The maximum absolute atomic E-state index is 3.76. The van der Waals surface area contributed by atoms with Crippen LogP contribution in [0.3, 0.4) is 0 Å². The maximum atomic E-state index is 3.76. The third-order valence-corrected chi connectivity index (χ3v) is 5.90. The highest BCUT2D eigenvalue weighted by molar-refractivity contribution is 5.03. The third kappa shape index (κ3) is 2.16. The van der Waals surface area contributed by atoms with E-state index >= 15 is 0 Å². The van der Waals surface area contributed by atoms with Gasteiger partial charge in [-0.1, -0.05) is 26.7 Å². The Bertz CT molecular complexity index is 267. The Morgan fingerprint density at radius 2 is 2.00 bits per heavy atom. The highest BCUT2D eigenvalue weighted by Gasteiger charge is 2.52. The maximum Gasteiger partial charge on any atom is 0.00107 e. The van der Waals surface area contributed by atoms with Gasteiger partial charge in [0.05, 0.1) is 0 Å². The number of nitrogens with one attached hydrogen (secondary N) is 1. The van der Waals surface area contributed by atoms with E-state index in [9.17, 15) is 0 Å². The molecule has 1 heteroatoms. The van der Waals surface area contributed by atoms with Crippen molar-refractivity contribution in [1.82, 2.24) is 5.32 Å². The summed E-state index contributed by atoms with van der Waals surface area (Å²) in [6.45, 7) is 7.16. The van der Waals surface area contributed by atoms with Crippen molar-refractivity contribution >= 4 is 0 Å². The van der Waals surface area contributed by atoms with E-state index in [1.54, 1.807) is 25.7 Å². The van der Waals surface area contributed by atoms with Crippen LogP contribution in [-0.2, 0) is 0 Å². The van der Waals surface area contributed by atoms with Crippen LogP contribution in [-0.4, -0.2) is 13.1 Å². The lowest BCUT2D eigenvalue weighted by atomic mass is 9.57. The second-order valence-electron chi connectivity index (χ2n) is 7.52. The van der Waals surface area contributed by atoms with E-state index < -0.39 is 0 Å². The molecule has 3 aliphatic carbocycles. The summed E-state index contributed by atoms with van der Waals surface area (Å²) in [4.78, 5) is 0. The quantitative estimate of drug-likeness (QED) is 0.763. The van der Waals surface area contributed by atoms with Gasteiger partial charge in [0.1, 0.15) is 0 Å². The van der Waals surface area contributed by atoms with Crippen LogP contribution in [0.1, 0.15) is 58.8 Å². The van der Waals surface area contributed by atoms with Crippen LogP contribution in [0.2, 0.25) is 0 Å². The van der Waals surface area contributed by atoms with E-state index in [0.717, 1.165) is 29.1 Å². The number of rotatable bonds is 5.